The van der Waals surface area contributed by atoms with Gasteiger partial charge < -0.3 is 10.1 Å². The van der Waals surface area contributed by atoms with Crippen LogP contribution < -0.4 is 10.1 Å². The van der Waals surface area contributed by atoms with Gasteiger partial charge in [0.1, 0.15) is 5.75 Å². The van der Waals surface area contributed by atoms with E-state index < -0.39 is 0 Å². The minimum Gasteiger partial charge on any atom is -0.497 e. The molecule has 1 amide bonds. The van der Waals surface area contributed by atoms with Crippen molar-refractivity contribution in [2.45, 2.75) is 13.0 Å². The number of ether oxygens (including phenoxy) is 1. The molecule has 0 unspecified atom stereocenters. The Morgan fingerprint density at radius 3 is 2.48 bits per heavy atom. The number of benzene rings is 1. The number of pyridine rings is 2. The first-order valence-electron chi connectivity index (χ1n) is 7.99. The summed E-state index contributed by atoms with van der Waals surface area (Å²) in [7, 11) is 1.62. The highest BCUT2D eigenvalue weighted by molar-refractivity contribution is 5.78. The normalized spacial score (nSPS) is 10.3. The number of nitrogens with one attached hydrogen (secondary N) is 1. The van der Waals surface area contributed by atoms with Gasteiger partial charge in [-0.3, -0.25) is 14.8 Å². The van der Waals surface area contributed by atoms with Crippen LogP contribution in [-0.4, -0.2) is 23.0 Å². The summed E-state index contributed by atoms with van der Waals surface area (Å²) in [5.41, 5.74) is 3.82. The van der Waals surface area contributed by atoms with Gasteiger partial charge in [-0.1, -0.05) is 12.1 Å². The maximum Gasteiger partial charge on any atom is 0.224 e. The lowest BCUT2D eigenvalue weighted by Crippen LogP contribution is -2.24. The Labute approximate surface area is 146 Å². The van der Waals surface area contributed by atoms with Crippen molar-refractivity contribution in [1.82, 2.24) is 15.3 Å². The summed E-state index contributed by atoms with van der Waals surface area (Å²) in [6, 6.07) is 15.2. The lowest BCUT2D eigenvalue weighted by atomic mass is 10.1. The highest BCUT2D eigenvalue weighted by atomic mass is 16.5. The molecule has 3 aromatic rings. The van der Waals surface area contributed by atoms with E-state index in [1.54, 1.807) is 25.7 Å². The van der Waals surface area contributed by atoms with Gasteiger partial charge in [-0.05, 0) is 47.5 Å². The number of carbonyl (C=O) groups excluding carboxylic acids is 1. The zero-order valence-corrected chi connectivity index (χ0v) is 14.0. The molecule has 126 valence electrons. The molecule has 5 nitrogen and oxygen atoms in total. The predicted molar refractivity (Wildman–Crippen MR) is 96.0 cm³/mol. The zero-order valence-electron chi connectivity index (χ0n) is 14.0. The fourth-order valence-electron chi connectivity index (χ4n) is 2.46. The van der Waals surface area contributed by atoms with Crippen LogP contribution in [0.1, 0.15) is 11.1 Å². The summed E-state index contributed by atoms with van der Waals surface area (Å²) in [5, 5.41) is 2.94. The van der Waals surface area contributed by atoms with E-state index in [0.717, 1.165) is 28.1 Å². The van der Waals surface area contributed by atoms with Crippen LogP contribution in [0, 0.1) is 0 Å². The van der Waals surface area contributed by atoms with Gasteiger partial charge in [-0.2, -0.15) is 0 Å². The maximum absolute atomic E-state index is 12.1. The largest absolute Gasteiger partial charge is 0.497 e. The molecule has 0 bridgehead atoms. The minimum absolute atomic E-state index is 0.0209. The molecule has 0 aliphatic carbocycles. The van der Waals surface area contributed by atoms with Crippen molar-refractivity contribution in [2.24, 2.45) is 0 Å². The average Bonchev–Trinajstić information content (AvgIpc) is 2.68. The number of hydrogen-bond donors (Lipinski definition) is 1. The molecule has 3 rings (SSSR count). The predicted octanol–water partition coefficient (Wildman–Crippen LogP) is 3.01. The van der Waals surface area contributed by atoms with Gasteiger partial charge in [0.2, 0.25) is 5.91 Å². The Morgan fingerprint density at radius 2 is 1.76 bits per heavy atom. The van der Waals surface area contributed by atoms with Crippen LogP contribution in [0.15, 0.2) is 67.1 Å². The van der Waals surface area contributed by atoms with Gasteiger partial charge in [0.05, 0.1) is 19.2 Å². The molecule has 5 heteroatoms. The Bertz CT molecular complexity index is 833. The van der Waals surface area contributed by atoms with E-state index in [0.29, 0.717) is 13.0 Å². The smallest absolute Gasteiger partial charge is 0.224 e. The van der Waals surface area contributed by atoms with Crippen LogP contribution in [0.4, 0.5) is 0 Å². The molecule has 0 spiro atoms. The average molecular weight is 333 g/mol. The van der Waals surface area contributed by atoms with Crippen LogP contribution in [0.25, 0.3) is 11.3 Å². The quantitative estimate of drug-likeness (QED) is 0.753. The van der Waals surface area contributed by atoms with E-state index in [1.165, 1.54) is 0 Å². The molecule has 0 saturated carbocycles. The van der Waals surface area contributed by atoms with Crippen molar-refractivity contribution in [3.05, 3.63) is 78.2 Å². The van der Waals surface area contributed by atoms with Gasteiger partial charge in [-0.25, -0.2) is 0 Å². The van der Waals surface area contributed by atoms with E-state index in [4.69, 9.17) is 4.74 Å². The fraction of sp³-hybridized carbons (Fsp3) is 0.150. The molecular weight excluding hydrogens is 314 g/mol. The highest BCUT2D eigenvalue weighted by Gasteiger charge is 2.05. The summed E-state index contributed by atoms with van der Waals surface area (Å²) in [6.07, 6.45) is 5.56. The summed E-state index contributed by atoms with van der Waals surface area (Å²) in [6.45, 7) is 0.468. The third-order valence-corrected chi connectivity index (χ3v) is 3.81. The van der Waals surface area contributed by atoms with Crippen molar-refractivity contribution < 1.29 is 9.53 Å². The first-order valence-corrected chi connectivity index (χ1v) is 7.99. The standard InChI is InChI=1S/C20H19N3O2/c1-25-18-4-2-15(3-5-18)13-20(24)23-14-16-6-11-22-19(12-16)17-7-9-21-10-8-17/h2-12H,13-14H2,1H3,(H,23,24). The molecule has 1 aromatic carbocycles. The van der Waals surface area contributed by atoms with Crippen molar-refractivity contribution in [3.63, 3.8) is 0 Å². The number of amides is 1. The van der Waals surface area contributed by atoms with Crippen LogP contribution in [0.3, 0.4) is 0 Å². The topological polar surface area (TPSA) is 64.1 Å². The maximum atomic E-state index is 12.1. The van der Waals surface area contributed by atoms with Gasteiger partial charge >= 0.3 is 0 Å². The molecule has 25 heavy (non-hydrogen) atoms. The summed E-state index contributed by atoms with van der Waals surface area (Å²) in [4.78, 5) is 20.5. The zero-order chi connectivity index (χ0) is 17.5. The van der Waals surface area contributed by atoms with E-state index in [1.807, 2.05) is 48.5 Å². The molecule has 0 aliphatic rings. The molecule has 0 aliphatic heterocycles. The number of hydrogen-bond acceptors (Lipinski definition) is 4. The highest BCUT2D eigenvalue weighted by Crippen LogP contribution is 2.16. The second kappa shape index (κ2) is 8.06. The third-order valence-electron chi connectivity index (χ3n) is 3.81. The first kappa shape index (κ1) is 16.6. The molecule has 2 aromatic heterocycles. The van der Waals surface area contributed by atoms with Gasteiger partial charge in [-0.15, -0.1) is 0 Å². The van der Waals surface area contributed by atoms with Gasteiger partial charge in [0.15, 0.2) is 0 Å². The number of methoxy groups -OCH3 is 1. The molecule has 0 atom stereocenters. The lowest BCUT2D eigenvalue weighted by Gasteiger charge is -2.08. The first-order chi connectivity index (χ1) is 12.2. The third kappa shape index (κ3) is 4.64. The second-order valence-electron chi connectivity index (χ2n) is 5.59. The molecule has 2 heterocycles. The Morgan fingerprint density at radius 1 is 1.00 bits per heavy atom. The summed E-state index contributed by atoms with van der Waals surface area (Å²) in [5.74, 6) is 0.761. The molecular formula is C20H19N3O2. The van der Waals surface area contributed by atoms with Crippen LogP contribution >= 0.6 is 0 Å². The molecule has 0 radical (unpaired) electrons. The van der Waals surface area contributed by atoms with E-state index in [-0.39, 0.29) is 5.91 Å². The number of nitrogens with zero attached hydrogens (tertiary/aromatic N) is 2. The molecule has 0 fully saturated rings. The van der Waals surface area contributed by atoms with Crippen molar-refractivity contribution in [1.29, 1.82) is 0 Å². The number of aromatic nitrogens is 2. The van der Waals surface area contributed by atoms with Crippen LogP contribution in [-0.2, 0) is 17.8 Å². The van der Waals surface area contributed by atoms with Crippen LogP contribution in [0.5, 0.6) is 5.75 Å². The van der Waals surface area contributed by atoms with E-state index in [2.05, 4.69) is 15.3 Å². The molecule has 1 N–H and O–H groups in total. The minimum atomic E-state index is -0.0209. The van der Waals surface area contributed by atoms with Crippen molar-refractivity contribution in [3.8, 4) is 17.0 Å². The Kier molecular flexibility index (Phi) is 5.36. The van der Waals surface area contributed by atoms with E-state index in [9.17, 15) is 4.79 Å². The van der Waals surface area contributed by atoms with Gasteiger partial charge in [0, 0.05) is 30.7 Å². The Hall–Kier alpha value is -3.21. The van der Waals surface area contributed by atoms with Crippen molar-refractivity contribution >= 4 is 5.91 Å². The summed E-state index contributed by atoms with van der Waals surface area (Å²) < 4.78 is 5.12. The Balaban J connectivity index is 1.58. The molecule has 0 saturated heterocycles. The second-order valence-corrected chi connectivity index (χ2v) is 5.59. The lowest BCUT2D eigenvalue weighted by molar-refractivity contribution is -0.120. The van der Waals surface area contributed by atoms with Crippen molar-refractivity contribution in [2.75, 3.05) is 7.11 Å². The summed E-state index contributed by atoms with van der Waals surface area (Å²) >= 11 is 0. The number of carbonyl (C=O) groups is 1. The monoisotopic (exact) mass is 333 g/mol. The fourth-order valence-corrected chi connectivity index (χ4v) is 2.46. The number of rotatable bonds is 6. The van der Waals surface area contributed by atoms with E-state index >= 15 is 0 Å². The van der Waals surface area contributed by atoms with Crippen LogP contribution in [0.2, 0.25) is 0 Å². The van der Waals surface area contributed by atoms with Gasteiger partial charge in [0.25, 0.3) is 0 Å². The SMILES string of the molecule is COc1ccc(CC(=O)NCc2ccnc(-c3ccncc3)c2)cc1.